The van der Waals surface area contributed by atoms with E-state index in [1.54, 1.807) is 0 Å². The molecule has 0 aromatic heterocycles. The first-order valence-electron chi connectivity index (χ1n) is 4.00. The molecule has 0 saturated heterocycles. The third-order valence-electron chi connectivity index (χ3n) is 1.60. The lowest BCUT2D eigenvalue weighted by Gasteiger charge is -2.07. The Morgan fingerprint density at radius 3 is 2.85 bits per heavy atom. The van der Waals surface area contributed by atoms with E-state index in [0.717, 1.165) is 15.8 Å². The Morgan fingerprint density at radius 2 is 2.23 bits per heavy atom. The molecule has 0 bridgehead atoms. The summed E-state index contributed by atoms with van der Waals surface area (Å²) in [4.78, 5) is 0. The van der Waals surface area contributed by atoms with Crippen molar-refractivity contribution < 1.29 is 9.84 Å². The monoisotopic (exact) mass is 245 g/mol. The van der Waals surface area contributed by atoms with Gasteiger partial charge in [-0.15, -0.1) is 0 Å². The molecule has 0 atom stereocenters. The van der Waals surface area contributed by atoms with Crippen LogP contribution in [0.2, 0.25) is 0 Å². The van der Waals surface area contributed by atoms with Crippen LogP contribution in [-0.4, -0.2) is 18.3 Å². The molecule has 72 valence electrons. The maximum atomic E-state index is 8.55. The number of rotatable bonds is 4. The minimum absolute atomic E-state index is 0.0218. The number of aliphatic hydroxyl groups is 1. The van der Waals surface area contributed by atoms with Gasteiger partial charge in [0.05, 0.1) is 6.61 Å². The lowest BCUT2D eigenvalue weighted by Crippen LogP contribution is -2.03. The Bertz CT molecular complexity index is 278. The van der Waals surface area contributed by atoms with Gasteiger partial charge in [-0.1, -0.05) is 15.9 Å². The second-order valence-corrected chi connectivity index (χ2v) is 3.38. The molecule has 0 aliphatic carbocycles. The molecule has 4 heteroatoms. The van der Waals surface area contributed by atoms with E-state index in [1.165, 1.54) is 0 Å². The van der Waals surface area contributed by atoms with Crippen molar-refractivity contribution in [3.63, 3.8) is 0 Å². The molecule has 0 heterocycles. The SMILES string of the molecule is NCc1cc(OCCO)ccc1Br. The summed E-state index contributed by atoms with van der Waals surface area (Å²) in [5, 5.41) is 8.55. The molecule has 0 unspecified atom stereocenters. The summed E-state index contributed by atoms with van der Waals surface area (Å²) >= 11 is 3.37. The van der Waals surface area contributed by atoms with E-state index in [4.69, 9.17) is 15.6 Å². The molecule has 1 aromatic carbocycles. The molecule has 13 heavy (non-hydrogen) atoms. The van der Waals surface area contributed by atoms with Crippen LogP contribution in [0.1, 0.15) is 5.56 Å². The van der Waals surface area contributed by atoms with Crippen LogP contribution in [0.25, 0.3) is 0 Å². The molecule has 0 aliphatic rings. The second-order valence-electron chi connectivity index (χ2n) is 2.53. The Hall–Kier alpha value is -0.580. The van der Waals surface area contributed by atoms with Crippen molar-refractivity contribution in [2.45, 2.75) is 6.54 Å². The highest BCUT2D eigenvalue weighted by Gasteiger charge is 2.00. The van der Waals surface area contributed by atoms with E-state index in [0.29, 0.717) is 13.2 Å². The Kier molecular flexibility index (Phi) is 4.21. The van der Waals surface area contributed by atoms with Crippen molar-refractivity contribution in [1.29, 1.82) is 0 Å². The van der Waals surface area contributed by atoms with E-state index in [2.05, 4.69) is 15.9 Å². The van der Waals surface area contributed by atoms with E-state index in [1.807, 2.05) is 18.2 Å². The molecular formula is C9H12BrNO2. The van der Waals surface area contributed by atoms with Crippen LogP contribution >= 0.6 is 15.9 Å². The van der Waals surface area contributed by atoms with Crippen molar-refractivity contribution >= 4 is 15.9 Å². The van der Waals surface area contributed by atoms with Crippen LogP contribution < -0.4 is 10.5 Å². The fraction of sp³-hybridized carbons (Fsp3) is 0.333. The highest BCUT2D eigenvalue weighted by atomic mass is 79.9. The lowest BCUT2D eigenvalue weighted by molar-refractivity contribution is 0.201. The molecule has 3 N–H and O–H groups in total. The zero-order valence-electron chi connectivity index (χ0n) is 7.16. The summed E-state index contributed by atoms with van der Waals surface area (Å²) in [6.07, 6.45) is 0. The molecule has 0 saturated carbocycles. The van der Waals surface area contributed by atoms with Crippen LogP contribution in [0.5, 0.6) is 5.75 Å². The Morgan fingerprint density at radius 1 is 1.46 bits per heavy atom. The summed E-state index contributed by atoms with van der Waals surface area (Å²) in [7, 11) is 0. The minimum Gasteiger partial charge on any atom is -0.491 e. The van der Waals surface area contributed by atoms with Crippen molar-refractivity contribution in [3.05, 3.63) is 28.2 Å². The van der Waals surface area contributed by atoms with E-state index in [9.17, 15) is 0 Å². The topological polar surface area (TPSA) is 55.5 Å². The number of hydrogen-bond donors (Lipinski definition) is 2. The molecule has 0 fully saturated rings. The predicted molar refractivity (Wildman–Crippen MR) is 54.6 cm³/mol. The van der Waals surface area contributed by atoms with Gasteiger partial charge in [0, 0.05) is 11.0 Å². The smallest absolute Gasteiger partial charge is 0.119 e. The molecule has 0 amide bonds. The van der Waals surface area contributed by atoms with Gasteiger partial charge in [0.15, 0.2) is 0 Å². The van der Waals surface area contributed by atoms with Gasteiger partial charge in [0.1, 0.15) is 12.4 Å². The third kappa shape index (κ3) is 2.99. The number of aliphatic hydroxyl groups excluding tert-OH is 1. The fourth-order valence-corrected chi connectivity index (χ4v) is 1.37. The molecule has 1 aromatic rings. The van der Waals surface area contributed by atoms with E-state index < -0.39 is 0 Å². The molecule has 0 aliphatic heterocycles. The lowest BCUT2D eigenvalue weighted by atomic mass is 10.2. The number of halogens is 1. The first-order valence-corrected chi connectivity index (χ1v) is 4.79. The maximum Gasteiger partial charge on any atom is 0.119 e. The Balaban J connectivity index is 2.74. The molecule has 0 radical (unpaired) electrons. The first-order chi connectivity index (χ1) is 6.27. The molecule has 0 spiro atoms. The summed E-state index contributed by atoms with van der Waals surface area (Å²) < 4.78 is 6.20. The van der Waals surface area contributed by atoms with Crippen molar-refractivity contribution in [2.75, 3.05) is 13.2 Å². The zero-order valence-corrected chi connectivity index (χ0v) is 8.75. The van der Waals surface area contributed by atoms with E-state index >= 15 is 0 Å². The zero-order chi connectivity index (χ0) is 9.68. The highest BCUT2D eigenvalue weighted by Crippen LogP contribution is 2.21. The minimum atomic E-state index is 0.0218. The summed E-state index contributed by atoms with van der Waals surface area (Å²) in [6.45, 7) is 0.802. The van der Waals surface area contributed by atoms with Crippen LogP contribution in [0.4, 0.5) is 0 Å². The summed E-state index contributed by atoms with van der Waals surface area (Å²) in [6, 6.07) is 5.58. The van der Waals surface area contributed by atoms with Gasteiger partial charge in [0.2, 0.25) is 0 Å². The average molecular weight is 246 g/mol. The predicted octanol–water partition coefficient (Wildman–Crippen LogP) is 1.28. The van der Waals surface area contributed by atoms with Gasteiger partial charge in [0.25, 0.3) is 0 Å². The number of nitrogens with two attached hydrogens (primary N) is 1. The summed E-state index contributed by atoms with van der Waals surface area (Å²) in [5.41, 5.74) is 6.51. The van der Waals surface area contributed by atoms with E-state index in [-0.39, 0.29) is 6.61 Å². The highest BCUT2D eigenvalue weighted by molar-refractivity contribution is 9.10. The van der Waals surface area contributed by atoms with Gasteiger partial charge in [-0.2, -0.15) is 0 Å². The quantitative estimate of drug-likeness (QED) is 0.841. The van der Waals surface area contributed by atoms with Crippen LogP contribution in [0, 0.1) is 0 Å². The Labute approximate surface area is 85.6 Å². The van der Waals surface area contributed by atoms with Crippen molar-refractivity contribution in [3.8, 4) is 5.75 Å². The van der Waals surface area contributed by atoms with Crippen molar-refractivity contribution in [2.24, 2.45) is 5.73 Å². The van der Waals surface area contributed by atoms with Gasteiger partial charge in [-0.05, 0) is 23.8 Å². The number of ether oxygens (including phenoxy) is 1. The normalized spacial score (nSPS) is 10.1. The van der Waals surface area contributed by atoms with Gasteiger partial charge < -0.3 is 15.6 Å². The number of benzene rings is 1. The van der Waals surface area contributed by atoms with Gasteiger partial charge in [-0.3, -0.25) is 0 Å². The standard InChI is InChI=1S/C9H12BrNO2/c10-9-2-1-8(13-4-3-12)5-7(9)6-11/h1-2,5,12H,3-4,6,11H2. The molecular weight excluding hydrogens is 234 g/mol. The van der Waals surface area contributed by atoms with Crippen molar-refractivity contribution in [1.82, 2.24) is 0 Å². The second kappa shape index (κ2) is 5.21. The first kappa shape index (κ1) is 10.5. The average Bonchev–Trinajstić information content (AvgIpc) is 2.16. The summed E-state index contributed by atoms with van der Waals surface area (Å²) in [5.74, 6) is 0.734. The largest absolute Gasteiger partial charge is 0.491 e. The maximum absolute atomic E-state index is 8.55. The van der Waals surface area contributed by atoms with Gasteiger partial charge >= 0.3 is 0 Å². The third-order valence-corrected chi connectivity index (χ3v) is 2.37. The van der Waals surface area contributed by atoms with Crippen LogP contribution in [-0.2, 0) is 6.54 Å². The number of hydrogen-bond acceptors (Lipinski definition) is 3. The molecule has 3 nitrogen and oxygen atoms in total. The van der Waals surface area contributed by atoms with Crippen LogP contribution in [0.3, 0.4) is 0 Å². The molecule has 1 rings (SSSR count). The fourth-order valence-electron chi connectivity index (χ4n) is 0.961. The van der Waals surface area contributed by atoms with Gasteiger partial charge in [-0.25, -0.2) is 0 Å². The van der Waals surface area contributed by atoms with Crippen LogP contribution in [0.15, 0.2) is 22.7 Å².